The van der Waals surface area contributed by atoms with E-state index in [1.807, 2.05) is 24.3 Å². The van der Waals surface area contributed by atoms with Crippen molar-refractivity contribution in [2.24, 2.45) is 5.92 Å². The lowest BCUT2D eigenvalue weighted by atomic mass is 10.1. The molecule has 1 aromatic carbocycles. The summed E-state index contributed by atoms with van der Waals surface area (Å²) in [6, 6.07) is 9.23. The number of hydrogen-bond acceptors (Lipinski definition) is 5. The SMILES string of the molecule is O=C(NCc1ccc2c(c1)OCCO2)[C@@H]1CC(=O)N(Cc2ccco2)C1. The molecule has 1 aromatic heterocycles. The van der Waals surface area contributed by atoms with Crippen LogP contribution < -0.4 is 14.8 Å². The van der Waals surface area contributed by atoms with Crippen molar-refractivity contribution in [3.63, 3.8) is 0 Å². The molecule has 7 nitrogen and oxygen atoms in total. The largest absolute Gasteiger partial charge is 0.486 e. The Morgan fingerprint density at radius 2 is 2.04 bits per heavy atom. The molecule has 0 bridgehead atoms. The molecule has 0 unspecified atom stereocenters. The lowest BCUT2D eigenvalue weighted by molar-refractivity contribution is -0.129. The van der Waals surface area contributed by atoms with Gasteiger partial charge >= 0.3 is 0 Å². The molecule has 2 aromatic rings. The van der Waals surface area contributed by atoms with Crippen molar-refractivity contribution in [1.29, 1.82) is 0 Å². The van der Waals surface area contributed by atoms with Crippen LogP contribution in [-0.4, -0.2) is 36.5 Å². The second-order valence-electron chi connectivity index (χ2n) is 6.45. The van der Waals surface area contributed by atoms with Crippen LogP contribution in [0.25, 0.3) is 0 Å². The van der Waals surface area contributed by atoms with Gasteiger partial charge in [0.05, 0.1) is 18.7 Å². The van der Waals surface area contributed by atoms with Gasteiger partial charge in [0.1, 0.15) is 19.0 Å². The third-order valence-electron chi connectivity index (χ3n) is 4.59. The summed E-state index contributed by atoms with van der Waals surface area (Å²) < 4.78 is 16.3. The first-order valence-corrected chi connectivity index (χ1v) is 8.65. The number of nitrogens with zero attached hydrogens (tertiary/aromatic N) is 1. The topological polar surface area (TPSA) is 81.0 Å². The molecule has 1 N–H and O–H groups in total. The summed E-state index contributed by atoms with van der Waals surface area (Å²) >= 11 is 0. The van der Waals surface area contributed by atoms with Crippen molar-refractivity contribution in [2.75, 3.05) is 19.8 Å². The van der Waals surface area contributed by atoms with Gasteiger partial charge in [-0.15, -0.1) is 0 Å². The summed E-state index contributed by atoms with van der Waals surface area (Å²) in [5.74, 6) is 1.66. The van der Waals surface area contributed by atoms with Gasteiger partial charge in [-0.3, -0.25) is 9.59 Å². The van der Waals surface area contributed by atoms with Gasteiger partial charge in [-0.05, 0) is 29.8 Å². The predicted molar refractivity (Wildman–Crippen MR) is 91.5 cm³/mol. The number of carbonyl (C=O) groups excluding carboxylic acids is 2. The molecule has 7 heteroatoms. The van der Waals surface area contributed by atoms with Crippen LogP contribution in [0.2, 0.25) is 0 Å². The number of ether oxygens (including phenoxy) is 2. The second-order valence-corrected chi connectivity index (χ2v) is 6.45. The zero-order valence-corrected chi connectivity index (χ0v) is 14.3. The fourth-order valence-electron chi connectivity index (χ4n) is 3.22. The normalized spacial score (nSPS) is 18.8. The van der Waals surface area contributed by atoms with E-state index >= 15 is 0 Å². The summed E-state index contributed by atoms with van der Waals surface area (Å²) in [5, 5.41) is 2.91. The molecule has 1 atom stereocenters. The Morgan fingerprint density at radius 3 is 2.85 bits per heavy atom. The molecule has 0 saturated carbocycles. The zero-order valence-electron chi connectivity index (χ0n) is 14.3. The molecule has 0 radical (unpaired) electrons. The number of amides is 2. The number of likely N-dealkylation sites (tertiary alicyclic amines) is 1. The van der Waals surface area contributed by atoms with E-state index in [4.69, 9.17) is 13.9 Å². The number of hydrogen-bond donors (Lipinski definition) is 1. The Bertz CT molecular complexity index is 802. The molecule has 136 valence electrons. The minimum atomic E-state index is -0.338. The average molecular weight is 356 g/mol. The van der Waals surface area contributed by atoms with Crippen LogP contribution in [0.1, 0.15) is 17.7 Å². The molecule has 2 amide bonds. The Labute approximate surface area is 150 Å². The third-order valence-corrected chi connectivity index (χ3v) is 4.59. The number of nitrogens with one attached hydrogen (secondary N) is 1. The Kier molecular flexibility index (Phi) is 4.51. The Morgan fingerprint density at radius 1 is 1.19 bits per heavy atom. The molecule has 1 saturated heterocycles. The van der Waals surface area contributed by atoms with Gasteiger partial charge in [0.15, 0.2) is 11.5 Å². The van der Waals surface area contributed by atoms with Gasteiger partial charge in [-0.2, -0.15) is 0 Å². The molecule has 3 heterocycles. The average Bonchev–Trinajstić information content (AvgIpc) is 3.30. The lowest BCUT2D eigenvalue weighted by Crippen LogP contribution is -2.32. The highest BCUT2D eigenvalue weighted by molar-refractivity contribution is 5.89. The molecule has 0 spiro atoms. The predicted octanol–water partition coefficient (Wildman–Crippen LogP) is 1.72. The van der Waals surface area contributed by atoms with Gasteiger partial charge in [-0.25, -0.2) is 0 Å². The number of carbonyl (C=O) groups is 2. The van der Waals surface area contributed by atoms with Gasteiger partial charge in [0, 0.05) is 19.5 Å². The number of fused-ring (bicyclic) bond motifs is 1. The van der Waals surface area contributed by atoms with Crippen LogP contribution >= 0.6 is 0 Å². The summed E-state index contributed by atoms with van der Waals surface area (Å²) in [7, 11) is 0. The van der Waals surface area contributed by atoms with Gasteiger partial charge < -0.3 is 24.1 Å². The van der Waals surface area contributed by atoms with Crippen molar-refractivity contribution in [1.82, 2.24) is 10.2 Å². The van der Waals surface area contributed by atoms with Gasteiger partial charge in [0.25, 0.3) is 0 Å². The molecule has 0 aliphatic carbocycles. The van der Waals surface area contributed by atoms with E-state index < -0.39 is 0 Å². The van der Waals surface area contributed by atoms with Crippen LogP contribution in [0.15, 0.2) is 41.0 Å². The first-order valence-electron chi connectivity index (χ1n) is 8.65. The van der Waals surface area contributed by atoms with E-state index in [1.54, 1.807) is 17.2 Å². The Balaban J connectivity index is 1.32. The molecule has 26 heavy (non-hydrogen) atoms. The number of benzene rings is 1. The minimum absolute atomic E-state index is 0.0270. The summed E-state index contributed by atoms with van der Waals surface area (Å²) in [6.45, 7) is 2.27. The first kappa shape index (κ1) is 16.5. The summed E-state index contributed by atoms with van der Waals surface area (Å²) in [5.41, 5.74) is 0.930. The van der Waals surface area contributed by atoms with Crippen molar-refractivity contribution >= 4 is 11.8 Å². The standard InChI is InChI=1S/C19H20N2O5/c22-18-9-14(11-21(18)12-15-2-1-5-24-15)19(23)20-10-13-3-4-16-17(8-13)26-7-6-25-16/h1-5,8,14H,6-7,9-12H2,(H,20,23)/t14-/m1/s1. The third kappa shape index (κ3) is 3.51. The zero-order chi connectivity index (χ0) is 17.9. The second kappa shape index (κ2) is 7.11. The monoisotopic (exact) mass is 356 g/mol. The van der Waals surface area contributed by atoms with E-state index in [-0.39, 0.29) is 24.2 Å². The van der Waals surface area contributed by atoms with Crippen LogP contribution in [-0.2, 0) is 22.7 Å². The highest BCUT2D eigenvalue weighted by atomic mass is 16.6. The fourth-order valence-corrected chi connectivity index (χ4v) is 3.22. The summed E-state index contributed by atoms with van der Waals surface area (Å²) in [4.78, 5) is 26.2. The smallest absolute Gasteiger partial charge is 0.225 e. The summed E-state index contributed by atoms with van der Waals surface area (Å²) in [6.07, 6.45) is 1.81. The highest BCUT2D eigenvalue weighted by Crippen LogP contribution is 2.30. The number of furan rings is 1. The Hall–Kier alpha value is -2.96. The van der Waals surface area contributed by atoms with Crippen LogP contribution in [0, 0.1) is 5.92 Å². The van der Waals surface area contributed by atoms with E-state index in [2.05, 4.69) is 5.32 Å². The van der Waals surface area contributed by atoms with Crippen molar-refractivity contribution in [2.45, 2.75) is 19.5 Å². The van der Waals surface area contributed by atoms with E-state index in [0.717, 1.165) is 17.1 Å². The minimum Gasteiger partial charge on any atom is -0.486 e. The van der Waals surface area contributed by atoms with E-state index in [1.165, 1.54) is 0 Å². The van der Waals surface area contributed by atoms with Gasteiger partial charge in [-0.1, -0.05) is 6.07 Å². The van der Waals surface area contributed by atoms with E-state index in [0.29, 0.717) is 38.6 Å². The maximum absolute atomic E-state index is 12.4. The molecule has 2 aliphatic rings. The molecule has 1 fully saturated rings. The molecule has 4 rings (SSSR count). The van der Waals surface area contributed by atoms with Crippen molar-refractivity contribution in [3.05, 3.63) is 47.9 Å². The van der Waals surface area contributed by atoms with Crippen LogP contribution in [0.4, 0.5) is 0 Å². The number of rotatable bonds is 5. The van der Waals surface area contributed by atoms with Gasteiger partial charge in [0.2, 0.25) is 11.8 Å². The quantitative estimate of drug-likeness (QED) is 0.882. The highest BCUT2D eigenvalue weighted by Gasteiger charge is 2.34. The maximum Gasteiger partial charge on any atom is 0.225 e. The van der Waals surface area contributed by atoms with Crippen molar-refractivity contribution < 1.29 is 23.5 Å². The van der Waals surface area contributed by atoms with Crippen LogP contribution in [0.3, 0.4) is 0 Å². The van der Waals surface area contributed by atoms with Crippen LogP contribution in [0.5, 0.6) is 11.5 Å². The molecular formula is C19H20N2O5. The lowest BCUT2D eigenvalue weighted by Gasteiger charge is -2.19. The van der Waals surface area contributed by atoms with E-state index in [9.17, 15) is 9.59 Å². The maximum atomic E-state index is 12.4. The molecule has 2 aliphatic heterocycles. The molecular weight excluding hydrogens is 336 g/mol. The van der Waals surface area contributed by atoms with Crippen molar-refractivity contribution in [3.8, 4) is 11.5 Å². The fraction of sp³-hybridized carbons (Fsp3) is 0.368. The first-order chi connectivity index (χ1) is 12.7.